The first-order valence-corrected chi connectivity index (χ1v) is 8.57. The number of carbonyl (C=O) groups is 1. The lowest BCUT2D eigenvalue weighted by Gasteiger charge is -2.36. The highest BCUT2D eigenvalue weighted by Gasteiger charge is 2.33. The summed E-state index contributed by atoms with van der Waals surface area (Å²) < 4.78 is 20.0. The van der Waals surface area contributed by atoms with Gasteiger partial charge in [-0.25, -0.2) is 9.18 Å². The van der Waals surface area contributed by atoms with Gasteiger partial charge in [-0.3, -0.25) is 0 Å². The van der Waals surface area contributed by atoms with Gasteiger partial charge in [-0.1, -0.05) is 26.7 Å². The number of carboxylic acids is 1. The number of carboxylic acid groups (broad SMARTS) is 1. The molecule has 2 aliphatic carbocycles. The van der Waals surface area contributed by atoms with Crippen molar-refractivity contribution in [1.82, 2.24) is 0 Å². The summed E-state index contributed by atoms with van der Waals surface area (Å²) in [4.78, 5) is 11.1. The van der Waals surface area contributed by atoms with E-state index >= 15 is 0 Å². The molecule has 3 rings (SSSR count). The van der Waals surface area contributed by atoms with Gasteiger partial charge in [-0.05, 0) is 49.1 Å². The summed E-state index contributed by atoms with van der Waals surface area (Å²) in [5.41, 5.74) is 0.739. The van der Waals surface area contributed by atoms with Gasteiger partial charge in [0.2, 0.25) is 0 Å². The molecule has 0 spiro atoms. The van der Waals surface area contributed by atoms with E-state index in [1.54, 1.807) is 0 Å². The van der Waals surface area contributed by atoms with Gasteiger partial charge in [0.25, 0.3) is 0 Å². The predicted molar refractivity (Wildman–Crippen MR) is 86.6 cm³/mol. The third-order valence-corrected chi connectivity index (χ3v) is 5.40. The molecule has 2 aliphatic rings. The first-order valence-electron chi connectivity index (χ1n) is 8.57. The van der Waals surface area contributed by atoms with Gasteiger partial charge in [0.05, 0.1) is 12.2 Å². The average molecular weight is 320 g/mol. The van der Waals surface area contributed by atoms with Crippen molar-refractivity contribution in [2.45, 2.75) is 58.3 Å². The van der Waals surface area contributed by atoms with Crippen molar-refractivity contribution >= 4 is 5.97 Å². The summed E-state index contributed by atoms with van der Waals surface area (Å²) in [5.74, 6) is -0.293. The van der Waals surface area contributed by atoms with Crippen molar-refractivity contribution in [3.8, 4) is 5.75 Å². The quantitative estimate of drug-likeness (QED) is 0.830. The molecule has 2 fully saturated rings. The number of rotatable bonds is 5. The summed E-state index contributed by atoms with van der Waals surface area (Å²) in [6.07, 6.45) is 6.72. The van der Waals surface area contributed by atoms with Gasteiger partial charge in [0.1, 0.15) is 11.6 Å². The van der Waals surface area contributed by atoms with E-state index in [1.165, 1.54) is 25.0 Å². The topological polar surface area (TPSA) is 46.5 Å². The highest BCUT2D eigenvalue weighted by Crippen LogP contribution is 2.46. The Balaban J connectivity index is 1.77. The van der Waals surface area contributed by atoms with E-state index < -0.39 is 11.8 Å². The molecule has 1 aromatic carbocycles. The molecule has 4 heteroatoms. The summed E-state index contributed by atoms with van der Waals surface area (Å²) in [6, 6.07) is 2.74. The van der Waals surface area contributed by atoms with Crippen molar-refractivity contribution in [2.24, 2.45) is 11.3 Å². The second-order valence-electron chi connectivity index (χ2n) is 7.73. The smallest absolute Gasteiger partial charge is 0.338 e. The van der Waals surface area contributed by atoms with Crippen LogP contribution in [0.5, 0.6) is 5.75 Å². The fourth-order valence-corrected chi connectivity index (χ4v) is 3.43. The molecule has 23 heavy (non-hydrogen) atoms. The highest BCUT2D eigenvalue weighted by molar-refractivity contribution is 5.88. The maximum atomic E-state index is 14.0. The van der Waals surface area contributed by atoms with Crippen LogP contribution in [0.3, 0.4) is 0 Å². The van der Waals surface area contributed by atoms with Gasteiger partial charge < -0.3 is 9.84 Å². The van der Waals surface area contributed by atoms with Crippen LogP contribution in [0, 0.1) is 17.2 Å². The minimum atomic E-state index is -1.22. The Hall–Kier alpha value is -1.58. The lowest BCUT2D eigenvalue weighted by molar-refractivity contribution is 0.0691. The Morgan fingerprint density at radius 2 is 1.96 bits per heavy atom. The maximum Gasteiger partial charge on any atom is 0.338 e. The molecule has 0 saturated heterocycles. The molecule has 1 aromatic rings. The molecule has 0 atom stereocenters. The standard InChI is InChI=1S/C19H25FO3/c1-12-5-7-19(2,8-6-12)11-23-17-10-16(20)15(18(21)22)9-14(17)13-3-4-13/h9-10,12-13H,3-8,11H2,1-2H3,(H,21,22). The van der Waals surface area contributed by atoms with Gasteiger partial charge in [0, 0.05) is 11.5 Å². The van der Waals surface area contributed by atoms with Crippen molar-refractivity contribution in [1.29, 1.82) is 0 Å². The van der Waals surface area contributed by atoms with E-state index in [4.69, 9.17) is 9.84 Å². The van der Waals surface area contributed by atoms with Crippen LogP contribution in [0.4, 0.5) is 4.39 Å². The van der Waals surface area contributed by atoms with E-state index in [0.717, 1.165) is 37.2 Å². The second kappa shape index (κ2) is 6.14. The molecule has 126 valence electrons. The van der Waals surface area contributed by atoms with Gasteiger partial charge in [-0.2, -0.15) is 0 Å². The molecule has 2 saturated carbocycles. The summed E-state index contributed by atoms with van der Waals surface area (Å²) in [7, 11) is 0. The zero-order valence-corrected chi connectivity index (χ0v) is 13.9. The first-order chi connectivity index (χ1) is 10.9. The zero-order chi connectivity index (χ0) is 16.6. The summed E-state index contributed by atoms with van der Waals surface area (Å²) in [6.45, 7) is 5.09. The molecule has 1 N–H and O–H groups in total. The molecule has 0 unspecified atom stereocenters. The maximum absolute atomic E-state index is 14.0. The van der Waals surface area contributed by atoms with Crippen LogP contribution >= 0.6 is 0 Å². The number of hydrogen-bond donors (Lipinski definition) is 1. The molecule has 0 aromatic heterocycles. The minimum Gasteiger partial charge on any atom is -0.493 e. The third kappa shape index (κ3) is 3.67. The number of halogens is 1. The zero-order valence-electron chi connectivity index (χ0n) is 13.9. The normalized spacial score (nSPS) is 27.7. The van der Waals surface area contributed by atoms with Gasteiger partial charge in [-0.15, -0.1) is 0 Å². The van der Waals surface area contributed by atoms with Crippen molar-refractivity contribution < 1.29 is 19.0 Å². The average Bonchev–Trinajstić information content (AvgIpc) is 3.33. The molecule has 0 radical (unpaired) electrons. The largest absolute Gasteiger partial charge is 0.493 e. The van der Waals surface area contributed by atoms with Crippen LogP contribution in [-0.4, -0.2) is 17.7 Å². The van der Waals surface area contributed by atoms with Crippen LogP contribution in [-0.2, 0) is 0 Å². The van der Waals surface area contributed by atoms with Crippen LogP contribution in [0.25, 0.3) is 0 Å². The van der Waals surface area contributed by atoms with Crippen LogP contribution < -0.4 is 4.74 Å². The minimum absolute atomic E-state index is 0.134. The molecule has 0 amide bonds. The lowest BCUT2D eigenvalue weighted by atomic mass is 9.73. The summed E-state index contributed by atoms with van der Waals surface area (Å²) >= 11 is 0. The SMILES string of the molecule is CC1CCC(C)(COc2cc(F)c(C(=O)O)cc2C2CC2)CC1. The predicted octanol–water partition coefficient (Wildman–Crippen LogP) is 5.00. The molecule has 3 nitrogen and oxygen atoms in total. The number of ether oxygens (including phenoxy) is 1. The Labute approximate surface area is 136 Å². The van der Waals surface area contributed by atoms with Crippen LogP contribution in [0.2, 0.25) is 0 Å². The Kier molecular flexibility index (Phi) is 4.35. The Morgan fingerprint density at radius 3 is 2.52 bits per heavy atom. The number of aromatic carboxylic acids is 1. The van der Waals surface area contributed by atoms with E-state index in [9.17, 15) is 9.18 Å². The molecule has 0 aliphatic heterocycles. The van der Waals surface area contributed by atoms with Crippen molar-refractivity contribution in [3.63, 3.8) is 0 Å². The summed E-state index contributed by atoms with van der Waals surface area (Å²) in [5, 5.41) is 9.10. The molecule has 0 bridgehead atoms. The Bertz CT molecular complexity index is 599. The van der Waals surface area contributed by atoms with Gasteiger partial charge in [0.15, 0.2) is 0 Å². The van der Waals surface area contributed by atoms with Crippen molar-refractivity contribution in [3.05, 3.63) is 29.1 Å². The number of benzene rings is 1. The molecular weight excluding hydrogens is 295 g/mol. The fourth-order valence-electron chi connectivity index (χ4n) is 3.43. The fraction of sp³-hybridized carbons (Fsp3) is 0.632. The van der Waals surface area contributed by atoms with E-state index in [2.05, 4.69) is 13.8 Å². The van der Waals surface area contributed by atoms with E-state index in [0.29, 0.717) is 18.3 Å². The van der Waals surface area contributed by atoms with E-state index in [1.807, 2.05) is 0 Å². The third-order valence-electron chi connectivity index (χ3n) is 5.40. The first kappa shape index (κ1) is 16.3. The van der Waals surface area contributed by atoms with E-state index in [-0.39, 0.29) is 11.0 Å². The lowest BCUT2D eigenvalue weighted by Crippen LogP contribution is -2.30. The van der Waals surface area contributed by atoms with Gasteiger partial charge >= 0.3 is 5.97 Å². The molecule has 0 heterocycles. The van der Waals surface area contributed by atoms with Crippen LogP contribution in [0.15, 0.2) is 12.1 Å². The van der Waals surface area contributed by atoms with Crippen LogP contribution in [0.1, 0.15) is 74.2 Å². The second-order valence-corrected chi connectivity index (χ2v) is 7.73. The Morgan fingerprint density at radius 1 is 1.30 bits per heavy atom. The number of hydrogen-bond acceptors (Lipinski definition) is 2. The monoisotopic (exact) mass is 320 g/mol. The van der Waals surface area contributed by atoms with Crippen molar-refractivity contribution in [2.75, 3.05) is 6.61 Å². The highest BCUT2D eigenvalue weighted by atomic mass is 19.1. The molecular formula is C19H25FO3.